The number of carboxylic acids is 1. The molecule has 8 nitrogen and oxygen atoms in total. The SMILES string of the molecule is CCNC(=O)C(C)NS(=O)(=O)c1cc(C(=O)O)oc1Br. The third-order valence-corrected chi connectivity index (χ3v) is 4.63. The number of carbonyl (C=O) groups excluding carboxylic acids is 1. The largest absolute Gasteiger partial charge is 0.475 e. The van der Waals surface area contributed by atoms with Crippen LogP contribution in [0.15, 0.2) is 20.0 Å². The predicted octanol–water partition coefficient (Wildman–Crippen LogP) is 0.543. The molecule has 0 bridgehead atoms. The van der Waals surface area contributed by atoms with Crippen LogP contribution in [0, 0.1) is 0 Å². The van der Waals surface area contributed by atoms with Gasteiger partial charge in [-0.3, -0.25) is 4.79 Å². The average molecular weight is 369 g/mol. The first-order valence-electron chi connectivity index (χ1n) is 5.51. The smallest absolute Gasteiger partial charge is 0.371 e. The summed E-state index contributed by atoms with van der Waals surface area (Å²) >= 11 is 2.83. The zero-order valence-electron chi connectivity index (χ0n) is 10.6. The van der Waals surface area contributed by atoms with Gasteiger partial charge in [-0.05, 0) is 29.8 Å². The van der Waals surface area contributed by atoms with E-state index in [0.29, 0.717) is 6.54 Å². The summed E-state index contributed by atoms with van der Waals surface area (Å²) in [5.41, 5.74) is 0. The molecule has 0 aliphatic carbocycles. The summed E-state index contributed by atoms with van der Waals surface area (Å²) in [5.74, 6) is -2.42. The summed E-state index contributed by atoms with van der Waals surface area (Å²) in [7, 11) is -4.08. The minimum absolute atomic E-state index is 0.245. The highest BCUT2D eigenvalue weighted by molar-refractivity contribution is 9.10. The maximum atomic E-state index is 12.0. The van der Waals surface area contributed by atoms with Crippen LogP contribution in [0.2, 0.25) is 0 Å². The summed E-state index contributed by atoms with van der Waals surface area (Å²) in [6, 6.07) is -0.144. The van der Waals surface area contributed by atoms with Gasteiger partial charge in [0.1, 0.15) is 4.90 Å². The van der Waals surface area contributed by atoms with Gasteiger partial charge in [-0.1, -0.05) is 0 Å². The second kappa shape index (κ2) is 6.37. The van der Waals surface area contributed by atoms with Gasteiger partial charge in [0.25, 0.3) is 0 Å². The van der Waals surface area contributed by atoms with E-state index < -0.39 is 33.7 Å². The molecule has 0 radical (unpaired) electrons. The van der Waals surface area contributed by atoms with E-state index in [0.717, 1.165) is 6.07 Å². The second-order valence-corrected chi connectivity index (χ2v) is 6.19. The Kier molecular flexibility index (Phi) is 5.31. The van der Waals surface area contributed by atoms with Gasteiger partial charge < -0.3 is 14.8 Å². The van der Waals surface area contributed by atoms with E-state index in [1.807, 2.05) is 0 Å². The fourth-order valence-electron chi connectivity index (χ4n) is 1.32. The third kappa shape index (κ3) is 3.81. The van der Waals surface area contributed by atoms with Crippen molar-refractivity contribution in [3.63, 3.8) is 0 Å². The van der Waals surface area contributed by atoms with Gasteiger partial charge in [-0.15, -0.1) is 0 Å². The molecule has 1 aromatic rings. The molecule has 112 valence electrons. The average Bonchev–Trinajstić information content (AvgIpc) is 2.72. The van der Waals surface area contributed by atoms with Crippen LogP contribution >= 0.6 is 15.9 Å². The number of aromatic carboxylic acids is 1. The lowest BCUT2D eigenvalue weighted by molar-refractivity contribution is -0.122. The molecular weight excluding hydrogens is 356 g/mol. The van der Waals surface area contributed by atoms with Crippen molar-refractivity contribution < 1.29 is 27.5 Å². The molecule has 1 rings (SSSR count). The molecule has 1 atom stereocenters. The van der Waals surface area contributed by atoms with E-state index in [-0.39, 0.29) is 9.56 Å². The van der Waals surface area contributed by atoms with Crippen LogP contribution in [0.4, 0.5) is 0 Å². The van der Waals surface area contributed by atoms with Crippen molar-refractivity contribution >= 4 is 37.8 Å². The van der Waals surface area contributed by atoms with Crippen LogP contribution in [0.3, 0.4) is 0 Å². The lowest BCUT2D eigenvalue weighted by Gasteiger charge is -2.12. The summed E-state index contributed by atoms with van der Waals surface area (Å²) in [6.45, 7) is 3.43. The van der Waals surface area contributed by atoms with Crippen molar-refractivity contribution in [2.75, 3.05) is 6.54 Å². The van der Waals surface area contributed by atoms with E-state index in [1.165, 1.54) is 6.92 Å². The van der Waals surface area contributed by atoms with Crippen molar-refractivity contribution in [3.8, 4) is 0 Å². The Labute approximate surface area is 123 Å². The topological polar surface area (TPSA) is 126 Å². The summed E-state index contributed by atoms with van der Waals surface area (Å²) in [4.78, 5) is 21.8. The van der Waals surface area contributed by atoms with Crippen molar-refractivity contribution in [1.29, 1.82) is 0 Å². The summed E-state index contributed by atoms with van der Waals surface area (Å²) in [5, 5.41) is 11.2. The zero-order chi connectivity index (χ0) is 15.5. The van der Waals surface area contributed by atoms with Crippen LogP contribution in [0.1, 0.15) is 24.4 Å². The lowest BCUT2D eigenvalue weighted by atomic mass is 10.3. The van der Waals surface area contributed by atoms with Crippen molar-refractivity contribution in [3.05, 3.63) is 16.5 Å². The first-order chi connectivity index (χ1) is 9.19. The van der Waals surface area contributed by atoms with Gasteiger partial charge in [-0.25, -0.2) is 13.2 Å². The highest BCUT2D eigenvalue weighted by Gasteiger charge is 2.28. The van der Waals surface area contributed by atoms with Crippen molar-refractivity contribution in [2.24, 2.45) is 0 Å². The van der Waals surface area contributed by atoms with Crippen LogP contribution < -0.4 is 10.0 Å². The van der Waals surface area contributed by atoms with E-state index in [1.54, 1.807) is 6.92 Å². The fraction of sp³-hybridized carbons (Fsp3) is 0.400. The molecule has 0 saturated heterocycles. The van der Waals surface area contributed by atoms with Gasteiger partial charge >= 0.3 is 5.97 Å². The number of halogens is 1. The molecule has 1 aromatic heterocycles. The Hall–Kier alpha value is -1.39. The Bertz CT molecular complexity index is 624. The minimum atomic E-state index is -4.08. The predicted molar refractivity (Wildman–Crippen MR) is 71.8 cm³/mol. The molecule has 3 N–H and O–H groups in total. The second-order valence-electron chi connectivity index (χ2n) is 3.79. The Morgan fingerprint density at radius 2 is 2.10 bits per heavy atom. The Morgan fingerprint density at radius 3 is 2.55 bits per heavy atom. The molecule has 0 aromatic carbocycles. The first-order valence-corrected chi connectivity index (χ1v) is 7.79. The fourth-order valence-corrected chi connectivity index (χ4v) is 3.46. The van der Waals surface area contributed by atoms with Gasteiger partial charge in [0.2, 0.25) is 21.7 Å². The standard InChI is InChI=1S/C10H13BrN2O6S/c1-3-12-9(14)5(2)13-20(17,18)7-4-6(10(15)16)19-8(7)11/h4-5,13H,3H2,1-2H3,(H,12,14)(H,15,16). The molecule has 0 fully saturated rings. The normalized spacial score (nSPS) is 12.9. The molecule has 10 heteroatoms. The molecular formula is C10H13BrN2O6S. The molecule has 0 aliphatic rings. The first kappa shape index (κ1) is 16.7. The molecule has 0 saturated carbocycles. The number of carboxylic acid groups (broad SMARTS) is 1. The lowest BCUT2D eigenvalue weighted by Crippen LogP contribution is -2.44. The summed E-state index contributed by atoms with van der Waals surface area (Å²) < 4.78 is 30.7. The van der Waals surface area contributed by atoms with E-state index in [4.69, 9.17) is 9.52 Å². The number of amides is 1. The molecule has 0 spiro atoms. The maximum Gasteiger partial charge on any atom is 0.371 e. The number of sulfonamides is 1. The maximum absolute atomic E-state index is 12.0. The molecule has 1 heterocycles. The number of hydrogen-bond acceptors (Lipinski definition) is 5. The molecule has 1 amide bonds. The number of rotatable bonds is 6. The zero-order valence-corrected chi connectivity index (χ0v) is 13.0. The van der Waals surface area contributed by atoms with Crippen molar-refractivity contribution in [1.82, 2.24) is 10.0 Å². The van der Waals surface area contributed by atoms with Gasteiger partial charge in [0.05, 0.1) is 6.04 Å². The van der Waals surface area contributed by atoms with Crippen molar-refractivity contribution in [2.45, 2.75) is 24.8 Å². The monoisotopic (exact) mass is 368 g/mol. The van der Waals surface area contributed by atoms with Crippen LogP contribution in [0.5, 0.6) is 0 Å². The minimum Gasteiger partial charge on any atom is -0.475 e. The number of hydrogen-bond donors (Lipinski definition) is 3. The van der Waals surface area contributed by atoms with Gasteiger partial charge in [0, 0.05) is 12.6 Å². The van der Waals surface area contributed by atoms with Gasteiger partial charge in [0.15, 0.2) is 4.67 Å². The van der Waals surface area contributed by atoms with E-state index in [2.05, 4.69) is 26.0 Å². The highest BCUT2D eigenvalue weighted by atomic mass is 79.9. The van der Waals surface area contributed by atoms with E-state index in [9.17, 15) is 18.0 Å². The Morgan fingerprint density at radius 1 is 1.50 bits per heavy atom. The van der Waals surface area contributed by atoms with Gasteiger partial charge in [-0.2, -0.15) is 4.72 Å². The van der Waals surface area contributed by atoms with Crippen LogP contribution in [0.25, 0.3) is 0 Å². The molecule has 20 heavy (non-hydrogen) atoms. The van der Waals surface area contributed by atoms with E-state index >= 15 is 0 Å². The Balaban J connectivity index is 3.00. The van der Waals surface area contributed by atoms with Crippen LogP contribution in [-0.4, -0.2) is 38.0 Å². The molecule has 1 unspecified atom stereocenters. The number of carbonyl (C=O) groups is 2. The number of likely N-dealkylation sites (N-methyl/N-ethyl adjacent to an activating group) is 1. The molecule has 0 aliphatic heterocycles. The summed E-state index contributed by atoms with van der Waals surface area (Å²) in [6.07, 6.45) is 0. The number of nitrogens with one attached hydrogen (secondary N) is 2. The third-order valence-electron chi connectivity index (χ3n) is 2.23. The quantitative estimate of drug-likeness (QED) is 0.672. The number of furan rings is 1. The highest BCUT2D eigenvalue weighted by Crippen LogP contribution is 2.26. The van der Waals surface area contributed by atoms with Crippen LogP contribution in [-0.2, 0) is 14.8 Å².